The molecule has 0 aromatic heterocycles. The lowest BCUT2D eigenvalue weighted by Gasteiger charge is -2.25. The first-order valence-corrected chi connectivity index (χ1v) is 4.38. The fourth-order valence-corrected chi connectivity index (χ4v) is 1.38. The minimum absolute atomic E-state index is 0.158. The third kappa shape index (κ3) is 1.65. The zero-order valence-corrected chi connectivity index (χ0v) is 7.83. The summed E-state index contributed by atoms with van der Waals surface area (Å²) in [4.78, 5) is 0. The Hall–Kier alpha value is -1.29. The van der Waals surface area contributed by atoms with Gasteiger partial charge < -0.3 is 14.2 Å². The van der Waals surface area contributed by atoms with E-state index in [2.05, 4.69) is 0 Å². The number of methoxy groups -OCH3 is 1. The van der Waals surface area contributed by atoms with Crippen molar-refractivity contribution in [1.82, 2.24) is 0 Å². The molecule has 2 rings (SSSR count). The maximum absolute atomic E-state index is 13.1. The van der Waals surface area contributed by atoms with Crippen molar-refractivity contribution < 1.29 is 18.6 Å². The van der Waals surface area contributed by atoms with E-state index in [4.69, 9.17) is 14.2 Å². The van der Waals surface area contributed by atoms with Crippen molar-refractivity contribution in [1.29, 1.82) is 0 Å². The van der Waals surface area contributed by atoms with Gasteiger partial charge in [-0.1, -0.05) is 6.07 Å². The van der Waals surface area contributed by atoms with Crippen LogP contribution in [0, 0.1) is 5.82 Å². The molecule has 0 bridgehead atoms. The second kappa shape index (κ2) is 3.84. The standard InChI is InChI=1S/C10H11FO3/c1-12-5-7-6-13-10-8(11)3-2-4-9(10)14-7/h2-4,7H,5-6H2,1H3/t7-/m0/s1. The molecule has 1 atom stereocenters. The Kier molecular flexibility index (Phi) is 2.54. The molecule has 1 aliphatic heterocycles. The second-order valence-electron chi connectivity index (χ2n) is 3.07. The van der Waals surface area contributed by atoms with Crippen molar-refractivity contribution >= 4 is 0 Å². The van der Waals surface area contributed by atoms with Gasteiger partial charge >= 0.3 is 0 Å². The quantitative estimate of drug-likeness (QED) is 0.722. The van der Waals surface area contributed by atoms with Gasteiger partial charge in [0.05, 0.1) is 6.61 Å². The molecule has 3 nitrogen and oxygen atoms in total. The van der Waals surface area contributed by atoms with E-state index in [1.54, 1.807) is 19.2 Å². The molecular weight excluding hydrogens is 187 g/mol. The number of benzene rings is 1. The molecule has 1 heterocycles. The molecule has 0 unspecified atom stereocenters. The van der Waals surface area contributed by atoms with Gasteiger partial charge in [0.15, 0.2) is 23.4 Å². The summed E-state index contributed by atoms with van der Waals surface area (Å²) < 4.78 is 28.8. The van der Waals surface area contributed by atoms with Crippen molar-refractivity contribution in [2.75, 3.05) is 20.3 Å². The van der Waals surface area contributed by atoms with Gasteiger partial charge in [-0.15, -0.1) is 0 Å². The van der Waals surface area contributed by atoms with Crippen molar-refractivity contribution in [3.63, 3.8) is 0 Å². The minimum atomic E-state index is -0.390. The van der Waals surface area contributed by atoms with Crippen LogP contribution in [-0.2, 0) is 4.74 Å². The zero-order valence-electron chi connectivity index (χ0n) is 7.83. The van der Waals surface area contributed by atoms with E-state index in [1.807, 2.05) is 0 Å². The highest BCUT2D eigenvalue weighted by atomic mass is 19.1. The van der Waals surface area contributed by atoms with Crippen molar-refractivity contribution in [3.8, 4) is 11.5 Å². The SMILES string of the molecule is COC[C@H]1COc2c(F)cccc2O1. The summed E-state index contributed by atoms with van der Waals surface area (Å²) >= 11 is 0. The lowest BCUT2D eigenvalue weighted by molar-refractivity contribution is 0.0250. The van der Waals surface area contributed by atoms with Gasteiger partial charge in [-0.3, -0.25) is 0 Å². The summed E-state index contributed by atoms with van der Waals surface area (Å²) in [6.07, 6.45) is -0.158. The zero-order chi connectivity index (χ0) is 9.97. The lowest BCUT2D eigenvalue weighted by Crippen LogP contribution is -2.33. The largest absolute Gasteiger partial charge is 0.483 e. The van der Waals surface area contributed by atoms with E-state index in [9.17, 15) is 4.39 Å². The first kappa shape index (κ1) is 9.27. The van der Waals surface area contributed by atoms with Crippen LogP contribution < -0.4 is 9.47 Å². The fraction of sp³-hybridized carbons (Fsp3) is 0.400. The lowest BCUT2D eigenvalue weighted by atomic mass is 10.2. The molecule has 0 aliphatic carbocycles. The summed E-state index contributed by atoms with van der Waals surface area (Å²) in [7, 11) is 1.59. The highest BCUT2D eigenvalue weighted by molar-refractivity contribution is 5.42. The molecule has 1 aromatic rings. The smallest absolute Gasteiger partial charge is 0.197 e. The second-order valence-corrected chi connectivity index (χ2v) is 3.07. The molecule has 1 aliphatic rings. The number of hydrogen-bond acceptors (Lipinski definition) is 3. The first-order valence-electron chi connectivity index (χ1n) is 4.38. The van der Waals surface area contributed by atoms with Crippen molar-refractivity contribution in [2.24, 2.45) is 0 Å². The van der Waals surface area contributed by atoms with Gasteiger partial charge in [-0.2, -0.15) is 0 Å². The maximum atomic E-state index is 13.1. The highest BCUT2D eigenvalue weighted by Gasteiger charge is 2.23. The molecule has 76 valence electrons. The Balaban J connectivity index is 2.18. The monoisotopic (exact) mass is 198 g/mol. The Labute approximate surface area is 81.4 Å². The van der Waals surface area contributed by atoms with Crippen LogP contribution in [-0.4, -0.2) is 26.4 Å². The van der Waals surface area contributed by atoms with E-state index in [0.29, 0.717) is 19.0 Å². The molecular formula is C10H11FO3. The molecule has 14 heavy (non-hydrogen) atoms. The van der Waals surface area contributed by atoms with Crippen molar-refractivity contribution in [3.05, 3.63) is 24.0 Å². The number of rotatable bonds is 2. The Bertz CT molecular complexity index is 327. The van der Waals surface area contributed by atoms with E-state index >= 15 is 0 Å². The Morgan fingerprint density at radius 1 is 1.57 bits per heavy atom. The fourth-order valence-electron chi connectivity index (χ4n) is 1.38. The van der Waals surface area contributed by atoms with E-state index < -0.39 is 5.82 Å². The average molecular weight is 198 g/mol. The Morgan fingerprint density at radius 3 is 3.21 bits per heavy atom. The number of fused-ring (bicyclic) bond motifs is 1. The molecule has 0 saturated carbocycles. The average Bonchev–Trinajstić information content (AvgIpc) is 2.18. The topological polar surface area (TPSA) is 27.7 Å². The molecule has 0 radical (unpaired) electrons. The van der Waals surface area contributed by atoms with Crippen LogP contribution in [0.15, 0.2) is 18.2 Å². The summed E-state index contributed by atoms with van der Waals surface area (Å²) in [5.41, 5.74) is 0. The van der Waals surface area contributed by atoms with Crippen LogP contribution >= 0.6 is 0 Å². The third-order valence-electron chi connectivity index (χ3n) is 1.99. The summed E-state index contributed by atoms with van der Waals surface area (Å²) in [5, 5.41) is 0. The van der Waals surface area contributed by atoms with Crippen molar-refractivity contribution in [2.45, 2.75) is 6.10 Å². The van der Waals surface area contributed by atoms with Gasteiger partial charge in [0.25, 0.3) is 0 Å². The molecule has 1 aromatic carbocycles. The predicted octanol–water partition coefficient (Wildman–Crippen LogP) is 1.61. The molecule has 4 heteroatoms. The van der Waals surface area contributed by atoms with Crippen LogP contribution in [0.2, 0.25) is 0 Å². The van der Waals surface area contributed by atoms with Gasteiger partial charge in [0.2, 0.25) is 0 Å². The predicted molar refractivity (Wildman–Crippen MR) is 48.2 cm³/mol. The van der Waals surface area contributed by atoms with Crippen LogP contribution in [0.5, 0.6) is 11.5 Å². The maximum Gasteiger partial charge on any atom is 0.197 e. The van der Waals surface area contributed by atoms with Crippen LogP contribution in [0.3, 0.4) is 0 Å². The summed E-state index contributed by atoms with van der Waals surface area (Å²) in [6, 6.07) is 4.62. The summed E-state index contributed by atoms with van der Waals surface area (Å²) in [6.45, 7) is 0.762. The van der Waals surface area contributed by atoms with E-state index in [0.717, 1.165) is 0 Å². The van der Waals surface area contributed by atoms with Crippen LogP contribution in [0.4, 0.5) is 4.39 Å². The van der Waals surface area contributed by atoms with Crippen LogP contribution in [0.25, 0.3) is 0 Å². The highest BCUT2D eigenvalue weighted by Crippen LogP contribution is 2.33. The molecule has 0 N–H and O–H groups in total. The van der Waals surface area contributed by atoms with Gasteiger partial charge in [-0.05, 0) is 12.1 Å². The Morgan fingerprint density at radius 2 is 2.43 bits per heavy atom. The van der Waals surface area contributed by atoms with Gasteiger partial charge in [-0.25, -0.2) is 4.39 Å². The number of ether oxygens (including phenoxy) is 3. The van der Waals surface area contributed by atoms with Gasteiger partial charge in [0.1, 0.15) is 6.61 Å². The van der Waals surface area contributed by atoms with E-state index in [1.165, 1.54) is 6.07 Å². The first-order chi connectivity index (χ1) is 6.81. The van der Waals surface area contributed by atoms with Crippen LogP contribution in [0.1, 0.15) is 0 Å². The van der Waals surface area contributed by atoms with E-state index in [-0.39, 0.29) is 11.9 Å². The number of para-hydroxylation sites is 1. The third-order valence-corrected chi connectivity index (χ3v) is 1.99. The number of halogens is 1. The molecule has 0 spiro atoms. The number of hydrogen-bond donors (Lipinski definition) is 0. The minimum Gasteiger partial charge on any atom is -0.483 e. The molecule has 0 saturated heterocycles. The normalized spacial score (nSPS) is 19.4. The van der Waals surface area contributed by atoms with Gasteiger partial charge in [0, 0.05) is 7.11 Å². The molecule has 0 amide bonds. The summed E-state index contributed by atoms with van der Waals surface area (Å²) in [5.74, 6) is 0.247. The molecule has 0 fully saturated rings.